The second-order valence-electron chi connectivity index (χ2n) is 7.39. The number of fused-ring (bicyclic) bond motifs is 3. The molecule has 0 saturated heterocycles. The number of thiophene rings is 1. The molecule has 1 atom stereocenters. The fraction of sp³-hybridized carbons (Fsp3) is 0.381. The van der Waals surface area contributed by atoms with Crippen LogP contribution in [0.4, 0.5) is 11.4 Å². The lowest BCUT2D eigenvalue weighted by Crippen LogP contribution is -2.26. The predicted molar refractivity (Wildman–Crippen MR) is 123 cm³/mol. The molecule has 0 spiro atoms. The van der Waals surface area contributed by atoms with E-state index < -0.39 is 10.2 Å². The van der Waals surface area contributed by atoms with Gasteiger partial charge in [-0.3, -0.25) is 24.3 Å². The third-order valence-electron chi connectivity index (χ3n) is 5.33. The highest BCUT2D eigenvalue weighted by molar-refractivity contribution is 8.00. The molecule has 31 heavy (non-hydrogen) atoms. The van der Waals surface area contributed by atoms with Gasteiger partial charge in [0.1, 0.15) is 4.83 Å². The van der Waals surface area contributed by atoms with Crippen molar-refractivity contribution in [2.75, 3.05) is 5.32 Å². The lowest BCUT2D eigenvalue weighted by molar-refractivity contribution is -0.384. The zero-order chi connectivity index (χ0) is 22.1. The summed E-state index contributed by atoms with van der Waals surface area (Å²) < 4.78 is 1.63. The first-order chi connectivity index (χ1) is 14.9. The number of nitrogens with zero attached hydrogens (tertiary/aromatic N) is 3. The van der Waals surface area contributed by atoms with E-state index in [4.69, 9.17) is 4.98 Å². The molecule has 0 bridgehead atoms. The van der Waals surface area contributed by atoms with E-state index in [1.54, 1.807) is 28.9 Å². The summed E-state index contributed by atoms with van der Waals surface area (Å²) >= 11 is 2.81. The number of nitrogens with one attached hydrogen (secondary N) is 1. The van der Waals surface area contributed by atoms with Gasteiger partial charge in [0.05, 0.1) is 15.6 Å². The minimum atomic E-state index is -0.545. The Balaban J connectivity index is 1.60. The zero-order valence-electron chi connectivity index (χ0n) is 17.2. The molecule has 0 saturated carbocycles. The van der Waals surface area contributed by atoms with Gasteiger partial charge in [-0.1, -0.05) is 17.8 Å². The number of rotatable bonds is 6. The van der Waals surface area contributed by atoms with E-state index in [1.807, 2.05) is 6.92 Å². The van der Waals surface area contributed by atoms with Crippen LogP contribution >= 0.6 is 23.1 Å². The molecular formula is C21H22N4O4S2. The maximum Gasteiger partial charge on any atom is 0.271 e. The molecule has 1 unspecified atom stereocenters. The number of benzene rings is 1. The van der Waals surface area contributed by atoms with Gasteiger partial charge in [-0.05, 0) is 51.2 Å². The van der Waals surface area contributed by atoms with Gasteiger partial charge in [0, 0.05) is 29.2 Å². The van der Waals surface area contributed by atoms with Crippen molar-refractivity contribution >= 4 is 50.6 Å². The van der Waals surface area contributed by atoms with E-state index in [1.165, 1.54) is 34.8 Å². The lowest BCUT2D eigenvalue weighted by atomic mass is 9.97. The Morgan fingerprint density at radius 1 is 1.39 bits per heavy atom. The second kappa shape index (κ2) is 8.80. The van der Waals surface area contributed by atoms with Crippen molar-refractivity contribution in [3.63, 3.8) is 0 Å². The van der Waals surface area contributed by atoms with E-state index in [-0.39, 0.29) is 17.2 Å². The predicted octanol–water partition coefficient (Wildman–Crippen LogP) is 4.38. The van der Waals surface area contributed by atoms with Crippen LogP contribution in [0.1, 0.15) is 37.1 Å². The summed E-state index contributed by atoms with van der Waals surface area (Å²) in [6.07, 6.45) is 4.14. The van der Waals surface area contributed by atoms with Crippen LogP contribution in [0.25, 0.3) is 10.2 Å². The van der Waals surface area contributed by atoms with Gasteiger partial charge in [0.15, 0.2) is 5.16 Å². The number of nitro groups is 1. The maximum absolute atomic E-state index is 13.2. The average molecular weight is 459 g/mol. The number of nitro benzene ring substituents is 1. The molecule has 0 fully saturated rings. The number of anilines is 1. The van der Waals surface area contributed by atoms with Crippen LogP contribution in [-0.2, 0) is 24.2 Å². The third kappa shape index (κ3) is 4.22. The highest BCUT2D eigenvalue weighted by atomic mass is 32.2. The second-order valence-corrected chi connectivity index (χ2v) is 9.78. The number of hydrogen-bond acceptors (Lipinski definition) is 7. The number of aryl methyl sites for hydroxylation is 2. The van der Waals surface area contributed by atoms with Crippen LogP contribution in [0.15, 0.2) is 34.2 Å². The normalized spacial score (nSPS) is 14.3. The Labute approximate surface area is 186 Å². The quantitative estimate of drug-likeness (QED) is 0.254. The van der Waals surface area contributed by atoms with Gasteiger partial charge in [0.25, 0.3) is 11.2 Å². The summed E-state index contributed by atoms with van der Waals surface area (Å²) in [5, 5.41) is 14.4. The number of non-ortho nitro benzene ring substituents is 1. The zero-order valence-corrected chi connectivity index (χ0v) is 18.8. The minimum Gasteiger partial charge on any atom is -0.325 e. The lowest BCUT2D eigenvalue weighted by Gasteiger charge is -2.15. The minimum absolute atomic E-state index is 0.0410. The molecule has 0 radical (unpaired) electrons. The summed E-state index contributed by atoms with van der Waals surface area (Å²) in [5.41, 5.74) is 1.38. The standard InChI is InChI=1S/C21H22N4O4S2/c1-3-24-20(27)17-15-9-4-5-10-16(15)31-19(17)23-21(24)30-12(2)18(26)22-13-7-6-8-14(11-13)25(28)29/h6-8,11-12H,3-5,9-10H2,1-2H3,(H,22,26). The Morgan fingerprint density at radius 3 is 2.90 bits per heavy atom. The average Bonchev–Trinajstić information content (AvgIpc) is 3.12. The summed E-state index contributed by atoms with van der Waals surface area (Å²) in [4.78, 5) is 43.1. The number of hydrogen-bond donors (Lipinski definition) is 1. The molecule has 1 aliphatic rings. The molecule has 1 N–H and O–H groups in total. The fourth-order valence-corrected chi connectivity index (χ4v) is 6.02. The molecule has 162 valence electrons. The SMILES string of the molecule is CCn1c(SC(C)C(=O)Nc2cccc([N+](=O)[O-])c2)nc2sc3c(c2c1=O)CCCC3. The smallest absolute Gasteiger partial charge is 0.271 e. The molecule has 10 heteroatoms. The van der Waals surface area contributed by atoms with Crippen molar-refractivity contribution in [3.8, 4) is 0 Å². The number of carbonyl (C=O) groups is 1. The topological polar surface area (TPSA) is 107 Å². The van der Waals surface area contributed by atoms with Crippen molar-refractivity contribution in [3.05, 3.63) is 55.2 Å². The first-order valence-corrected chi connectivity index (χ1v) is 11.9. The molecule has 2 heterocycles. The molecule has 1 amide bonds. The molecule has 4 rings (SSSR count). The van der Waals surface area contributed by atoms with Crippen LogP contribution in [0.5, 0.6) is 0 Å². The molecule has 8 nitrogen and oxygen atoms in total. The van der Waals surface area contributed by atoms with E-state index in [2.05, 4.69) is 5.32 Å². The Kier molecular flexibility index (Phi) is 6.10. The van der Waals surface area contributed by atoms with E-state index in [9.17, 15) is 19.7 Å². The van der Waals surface area contributed by atoms with Crippen LogP contribution < -0.4 is 10.9 Å². The fourth-order valence-electron chi connectivity index (χ4n) is 3.74. The van der Waals surface area contributed by atoms with Crippen molar-refractivity contribution < 1.29 is 9.72 Å². The van der Waals surface area contributed by atoms with Crippen LogP contribution in [0.2, 0.25) is 0 Å². The maximum atomic E-state index is 13.2. The Bertz CT molecular complexity index is 1230. The Morgan fingerprint density at radius 2 is 2.16 bits per heavy atom. The molecule has 1 aliphatic carbocycles. The monoisotopic (exact) mass is 458 g/mol. The molecule has 2 aromatic heterocycles. The van der Waals surface area contributed by atoms with Gasteiger partial charge in [-0.25, -0.2) is 4.98 Å². The summed E-state index contributed by atoms with van der Waals surface area (Å²) in [7, 11) is 0. The van der Waals surface area contributed by atoms with Crippen molar-refractivity contribution in [1.29, 1.82) is 0 Å². The molecule has 0 aliphatic heterocycles. The van der Waals surface area contributed by atoms with E-state index in [0.29, 0.717) is 17.4 Å². The van der Waals surface area contributed by atoms with E-state index >= 15 is 0 Å². The first kappa shape index (κ1) is 21.5. The van der Waals surface area contributed by atoms with Crippen LogP contribution in [0.3, 0.4) is 0 Å². The van der Waals surface area contributed by atoms with Crippen molar-refractivity contribution in [2.45, 2.75) is 56.5 Å². The van der Waals surface area contributed by atoms with Gasteiger partial charge in [-0.15, -0.1) is 11.3 Å². The number of aromatic nitrogens is 2. The van der Waals surface area contributed by atoms with Crippen molar-refractivity contribution in [2.24, 2.45) is 0 Å². The van der Waals surface area contributed by atoms with Gasteiger partial charge < -0.3 is 5.32 Å². The number of thioether (sulfide) groups is 1. The largest absolute Gasteiger partial charge is 0.325 e. The summed E-state index contributed by atoms with van der Waals surface area (Å²) in [6, 6.07) is 5.81. The third-order valence-corrected chi connectivity index (χ3v) is 7.61. The number of amides is 1. The molecule has 3 aromatic rings. The van der Waals surface area contributed by atoms with Gasteiger partial charge in [-0.2, -0.15) is 0 Å². The number of carbonyl (C=O) groups excluding carboxylic acids is 1. The van der Waals surface area contributed by atoms with Crippen molar-refractivity contribution in [1.82, 2.24) is 9.55 Å². The summed E-state index contributed by atoms with van der Waals surface area (Å²) in [5.74, 6) is -0.312. The van der Waals surface area contributed by atoms with Crippen LogP contribution in [-0.4, -0.2) is 25.6 Å². The Hall–Kier alpha value is -2.72. The van der Waals surface area contributed by atoms with Crippen LogP contribution in [0, 0.1) is 10.1 Å². The highest BCUT2D eigenvalue weighted by Crippen LogP contribution is 2.35. The first-order valence-electron chi connectivity index (χ1n) is 10.2. The van der Waals surface area contributed by atoms with Gasteiger partial charge in [0.2, 0.25) is 5.91 Å². The van der Waals surface area contributed by atoms with E-state index in [0.717, 1.165) is 41.5 Å². The van der Waals surface area contributed by atoms with Gasteiger partial charge >= 0.3 is 0 Å². The molecule has 1 aromatic carbocycles. The summed E-state index contributed by atoms with van der Waals surface area (Å²) in [6.45, 7) is 4.09. The molecular weight excluding hydrogens is 436 g/mol. The highest BCUT2D eigenvalue weighted by Gasteiger charge is 2.24.